The Hall–Kier alpha value is -1.03. The Balaban J connectivity index is 2.06. The minimum Gasteiger partial charge on any atom is -0.396 e. The molecule has 0 amide bonds. The fourth-order valence-corrected chi connectivity index (χ4v) is 1.24. The largest absolute Gasteiger partial charge is 0.396 e. The highest BCUT2D eigenvalue weighted by atomic mass is 16.2. The molecule has 0 unspecified atom stereocenters. The van der Waals surface area contributed by atoms with Gasteiger partial charge in [-0.05, 0) is 18.9 Å². The highest BCUT2D eigenvalue weighted by Gasteiger charge is 1.94. The third-order valence-electron chi connectivity index (χ3n) is 1.96. The summed E-state index contributed by atoms with van der Waals surface area (Å²) in [6.07, 6.45) is 6.12. The van der Waals surface area contributed by atoms with Gasteiger partial charge in [-0.3, -0.25) is 4.68 Å². The van der Waals surface area contributed by atoms with Gasteiger partial charge in [-0.2, -0.15) is 5.10 Å². The molecule has 0 aromatic carbocycles. The summed E-state index contributed by atoms with van der Waals surface area (Å²) in [6.45, 7) is 1.22. The molecule has 0 saturated heterocycles. The van der Waals surface area contributed by atoms with Crippen molar-refractivity contribution in [1.82, 2.24) is 9.78 Å². The van der Waals surface area contributed by atoms with Gasteiger partial charge in [-0.1, -0.05) is 12.8 Å². The molecule has 0 aliphatic heterocycles. The molecule has 1 rings (SSSR count). The molecule has 1 aromatic rings. The molecule has 0 atom stereocenters. The molecular formula is C9H17N3O. The van der Waals surface area contributed by atoms with E-state index < -0.39 is 0 Å². The van der Waals surface area contributed by atoms with Gasteiger partial charge < -0.3 is 10.8 Å². The third kappa shape index (κ3) is 3.94. The second-order valence-electron chi connectivity index (χ2n) is 3.14. The zero-order valence-electron chi connectivity index (χ0n) is 7.82. The van der Waals surface area contributed by atoms with Crippen molar-refractivity contribution in [2.24, 2.45) is 0 Å². The SMILES string of the molecule is Nc1ccn(CCCCCCO)n1. The first-order valence-corrected chi connectivity index (χ1v) is 4.72. The Morgan fingerprint density at radius 2 is 2.08 bits per heavy atom. The molecule has 0 aliphatic rings. The number of hydrogen-bond donors (Lipinski definition) is 2. The fraction of sp³-hybridized carbons (Fsp3) is 0.667. The molecule has 1 aromatic heterocycles. The number of aliphatic hydroxyl groups excluding tert-OH is 1. The average molecular weight is 183 g/mol. The van der Waals surface area contributed by atoms with E-state index in [1.54, 1.807) is 6.07 Å². The van der Waals surface area contributed by atoms with Gasteiger partial charge in [0.2, 0.25) is 0 Å². The van der Waals surface area contributed by atoms with E-state index in [2.05, 4.69) is 5.10 Å². The molecule has 0 aliphatic carbocycles. The first kappa shape index (κ1) is 10.1. The van der Waals surface area contributed by atoms with Crippen LogP contribution in [0.2, 0.25) is 0 Å². The zero-order valence-corrected chi connectivity index (χ0v) is 7.82. The van der Waals surface area contributed by atoms with Crippen molar-refractivity contribution in [3.8, 4) is 0 Å². The normalized spacial score (nSPS) is 10.5. The fourth-order valence-electron chi connectivity index (χ4n) is 1.24. The van der Waals surface area contributed by atoms with Crippen LogP contribution in [0.3, 0.4) is 0 Å². The number of anilines is 1. The Kier molecular flexibility index (Phi) is 4.32. The second-order valence-corrected chi connectivity index (χ2v) is 3.14. The van der Waals surface area contributed by atoms with E-state index in [0.717, 1.165) is 32.2 Å². The second kappa shape index (κ2) is 5.59. The van der Waals surface area contributed by atoms with E-state index in [9.17, 15) is 0 Å². The highest BCUT2D eigenvalue weighted by Crippen LogP contribution is 2.02. The molecule has 74 valence electrons. The lowest BCUT2D eigenvalue weighted by Gasteiger charge is -2.00. The Labute approximate surface area is 78.4 Å². The lowest BCUT2D eigenvalue weighted by atomic mass is 10.2. The predicted molar refractivity (Wildman–Crippen MR) is 52.2 cm³/mol. The van der Waals surface area contributed by atoms with Gasteiger partial charge in [-0.15, -0.1) is 0 Å². The van der Waals surface area contributed by atoms with E-state index in [1.165, 1.54) is 0 Å². The van der Waals surface area contributed by atoms with E-state index >= 15 is 0 Å². The smallest absolute Gasteiger partial charge is 0.145 e. The van der Waals surface area contributed by atoms with Crippen molar-refractivity contribution in [3.63, 3.8) is 0 Å². The van der Waals surface area contributed by atoms with E-state index in [0.29, 0.717) is 12.4 Å². The molecule has 4 nitrogen and oxygen atoms in total. The van der Waals surface area contributed by atoms with Crippen LogP contribution < -0.4 is 5.73 Å². The van der Waals surface area contributed by atoms with Crippen LogP contribution in [0.25, 0.3) is 0 Å². The van der Waals surface area contributed by atoms with Gasteiger partial charge in [0.15, 0.2) is 0 Å². The van der Waals surface area contributed by atoms with Crippen LogP contribution in [-0.4, -0.2) is 21.5 Å². The zero-order chi connectivity index (χ0) is 9.52. The summed E-state index contributed by atoms with van der Waals surface area (Å²) in [5.41, 5.74) is 5.47. The van der Waals surface area contributed by atoms with Crippen molar-refractivity contribution in [3.05, 3.63) is 12.3 Å². The van der Waals surface area contributed by atoms with Gasteiger partial charge in [0.1, 0.15) is 5.82 Å². The van der Waals surface area contributed by atoms with Gasteiger partial charge in [0.05, 0.1) is 0 Å². The van der Waals surface area contributed by atoms with Crippen LogP contribution >= 0.6 is 0 Å². The monoisotopic (exact) mass is 183 g/mol. The average Bonchev–Trinajstić information content (AvgIpc) is 2.51. The number of aliphatic hydroxyl groups is 1. The molecule has 0 bridgehead atoms. The van der Waals surface area contributed by atoms with Gasteiger partial charge in [-0.25, -0.2) is 0 Å². The molecule has 0 fully saturated rings. The minimum absolute atomic E-state index is 0.300. The molecule has 0 spiro atoms. The maximum absolute atomic E-state index is 8.55. The number of aryl methyl sites for hydroxylation is 1. The van der Waals surface area contributed by atoms with Crippen LogP contribution in [0, 0.1) is 0 Å². The van der Waals surface area contributed by atoms with Gasteiger partial charge in [0, 0.05) is 19.3 Å². The molecule has 3 N–H and O–H groups in total. The van der Waals surface area contributed by atoms with Crippen molar-refractivity contribution < 1.29 is 5.11 Å². The molecule has 13 heavy (non-hydrogen) atoms. The van der Waals surface area contributed by atoms with Crippen molar-refractivity contribution in [2.75, 3.05) is 12.3 Å². The summed E-state index contributed by atoms with van der Waals surface area (Å²) in [7, 11) is 0. The summed E-state index contributed by atoms with van der Waals surface area (Å²) >= 11 is 0. The standard InChI is InChI=1S/C9H17N3O/c10-9-5-7-12(11-9)6-3-1-2-4-8-13/h5,7,13H,1-4,6,8H2,(H2,10,11). The Morgan fingerprint density at radius 1 is 1.31 bits per heavy atom. The first-order chi connectivity index (χ1) is 6.33. The lowest BCUT2D eigenvalue weighted by Crippen LogP contribution is -1.99. The summed E-state index contributed by atoms with van der Waals surface area (Å²) < 4.78 is 1.86. The van der Waals surface area contributed by atoms with Crippen molar-refractivity contribution >= 4 is 5.82 Å². The van der Waals surface area contributed by atoms with Crippen LogP contribution in [-0.2, 0) is 6.54 Å². The number of hydrogen-bond acceptors (Lipinski definition) is 3. The van der Waals surface area contributed by atoms with Crippen molar-refractivity contribution in [2.45, 2.75) is 32.2 Å². The van der Waals surface area contributed by atoms with Gasteiger partial charge >= 0.3 is 0 Å². The number of nitrogens with zero attached hydrogens (tertiary/aromatic N) is 2. The molecule has 0 saturated carbocycles. The minimum atomic E-state index is 0.300. The molecule has 1 heterocycles. The summed E-state index contributed by atoms with van der Waals surface area (Å²) in [6, 6.07) is 1.80. The lowest BCUT2D eigenvalue weighted by molar-refractivity contribution is 0.282. The maximum atomic E-state index is 8.55. The number of nitrogens with two attached hydrogens (primary N) is 1. The van der Waals surface area contributed by atoms with Crippen molar-refractivity contribution in [1.29, 1.82) is 0 Å². The van der Waals surface area contributed by atoms with Crippen LogP contribution in [0.4, 0.5) is 5.82 Å². The number of nitrogen functional groups attached to an aromatic ring is 1. The quantitative estimate of drug-likeness (QED) is 0.647. The molecule has 4 heteroatoms. The maximum Gasteiger partial charge on any atom is 0.145 e. The van der Waals surface area contributed by atoms with E-state index in [1.807, 2.05) is 10.9 Å². The first-order valence-electron chi connectivity index (χ1n) is 4.72. The highest BCUT2D eigenvalue weighted by molar-refractivity contribution is 5.23. The number of unbranched alkanes of at least 4 members (excludes halogenated alkanes) is 3. The number of rotatable bonds is 6. The predicted octanol–water partition coefficient (Wildman–Crippen LogP) is 1.02. The third-order valence-corrected chi connectivity index (χ3v) is 1.96. The summed E-state index contributed by atoms with van der Waals surface area (Å²) in [4.78, 5) is 0. The van der Waals surface area contributed by atoms with Crippen LogP contribution in [0.15, 0.2) is 12.3 Å². The summed E-state index contributed by atoms with van der Waals surface area (Å²) in [5.74, 6) is 0.579. The molecule has 0 radical (unpaired) electrons. The Bertz CT molecular complexity index is 235. The summed E-state index contributed by atoms with van der Waals surface area (Å²) in [5, 5.41) is 12.6. The van der Waals surface area contributed by atoms with Crippen LogP contribution in [0.1, 0.15) is 25.7 Å². The topological polar surface area (TPSA) is 64.1 Å². The van der Waals surface area contributed by atoms with Gasteiger partial charge in [0.25, 0.3) is 0 Å². The Morgan fingerprint density at radius 3 is 2.69 bits per heavy atom. The van der Waals surface area contributed by atoms with E-state index in [4.69, 9.17) is 10.8 Å². The molecular weight excluding hydrogens is 166 g/mol. The van der Waals surface area contributed by atoms with Crippen LogP contribution in [0.5, 0.6) is 0 Å². The van der Waals surface area contributed by atoms with E-state index in [-0.39, 0.29) is 0 Å². The number of aromatic nitrogens is 2.